The summed E-state index contributed by atoms with van der Waals surface area (Å²) in [5.74, 6) is 1.17. The molecule has 0 radical (unpaired) electrons. The van der Waals surface area contributed by atoms with Crippen LogP contribution in [0, 0.1) is 0 Å². The van der Waals surface area contributed by atoms with Crippen molar-refractivity contribution in [2.75, 3.05) is 0 Å². The Morgan fingerprint density at radius 1 is 1.00 bits per heavy atom. The molecule has 118 valence electrons. The standard InChI is InChI=1S/C18H12ClN3O2/c19-12-4-3-5-13(10-12)24-18-9-8-17-20-11-15(22(17)21-18)14-6-1-2-7-16(14)23/h1-11,23H. The maximum Gasteiger partial charge on any atom is 0.237 e. The molecule has 0 spiro atoms. The van der Waals surface area contributed by atoms with E-state index in [0.29, 0.717) is 33.6 Å². The second-order valence-corrected chi connectivity index (χ2v) is 5.60. The van der Waals surface area contributed by atoms with Crippen LogP contribution in [0.3, 0.4) is 0 Å². The van der Waals surface area contributed by atoms with Crippen molar-refractivity contribution in [1.29, 1.82) is 0 Å². The number of phenols is 1. The van der Waals surface area contributed by atoms with Gasteiger partial charge in [0, 0.05) is 16.7 Å². The summed E-state index contributed by atoms with van der Waals surface area (Å²) in [4.78, 5) is 4.31. The number of aromatic nitrogens is 3. The first-order valence-electron chi connectivity index (χ1n) is 7.27. The third-order valence-electron chi connectivity index (χ3n) is 3.54. The molecule has 4 rings (SSSR count). The van der Waals surface area contributed by atoms with Gasteiger partial charge in [0.25, 0.3) is 0 Å². The Labute approximate surface area is 142 Å². The second kappa shape index (κ2) is 5.86. The minimum absolute atomic E-state index is 0.169. The zero-order valence-corrected chi connectivity index (χ0v) is 13.2. The summed E-state index contributed by atoms with van der Waals surface area (Å²) < 4.78 is 7.38. The molecule has 0 fully saturated rings. The van der Waals surface area contributed by atoms with Crippen LogP contribution in [0.25, 0.3) is 16.9 Å². The summed E-state index contributed by atoms with van der Waals surface area (Å²) in [5, 5.41) is 15.1. The Morgan fingerprint density at radius 2 is 1.88 bits per heavy atom. The van der Waals surface area contributed by atoms with Crippen LogP contribution in [0.5, 0.6) is 17.4 Å². The van der Waals surface area contributed by atoms with Crippen molar-refractivity contribution < 1.29 is 9.84 Å². The maximum absolute atomic E-state index is 10.1. The Kier molecular flexibility index (Phi) is 3.55. The van der Waals surface area contributed by atoms with Gasteiger partial charge in [0.2, 0.25) is 5.88 Å². The molecule has 4 aromatic rings. The summed E-state index contributed by atoms with van der Waals surface area (Å²) in [6.07, 6.45) is 1.67. The number of halogens is 1. The minimum Gasteiger partial charge on any atom is -0.507 e. The quantitative estimate of drug-likeness (QED) is 0.596. The molecule has 0 aliphatic heterocycles. The van der Waals surface area contributed by atoms with Gasteiger partial charge in [0.15, 0.2) is 5.65 Å². The minimum atomic E-state index is 0.169. The Bertz CT molecular complexity index is 1030. The molecule has 1 N–H and O–H groups in total. The number of ether oxygens (including phenoxy) is 1. The van der Waals surface area contributed by atoms with E-state index < -0.39 is 0 Å². The number of aromatic hydroxyl groups is 1. The molecule has 0 atom stereocenters. The smallest absolute Gasteiger partial charge is 0.237 e. The van der Waals surface area contributed by atoms with Gasteiger partial charge in [-0.15, -0.1) is 5.10 Å². The Morgan fingerprint density at radius 3 is 2.71 bits per heavy atom. The van der Waals surface area contributed by atoms with Crippen molar-refractivity contribution in [2.24, 2.45) is 0 Å². The number of rotatable bonds is 3. The van der Waals surface area contributed by atoms with Crippen LogP contribution in [0.4, 0.5) is 0 Å². The van der Waals surface area contributed by atoms with Gasteiger partial charge >= 0.3 is 0 Å². The van der Waals surface area contributed by atoms with E-state index in [1.165, 1.54) is 0 Å². The van der Waals surface area contributed by atoms with Crippen LogP contribution in [-0.2, 0) is 0 Å². The molecule has 0 amide bonds. The van der Waals surface area contributed by atoms with Crippen molar-refractivity contribution >= 4 is 17.2 Å². The predicted molar refractivity (Wildman–Crippen MR) is 91.6 cm³/mol. The lowest BCUT2D eigenvalue weighted by Crippen LogP contribution is -1.97. The van der Waals surface area contributed by atoms with E-state index in [1.807, 2.05) is 12.1 Å². The number of nitrogens with zero attached hydrogens (tertiary/aromatic N) is 3. The summed E-state index contributed by atoms with van der Waals surface area (Å²) in [6.45, 7) is 0. The highest BCUT2D eigenvalue weighted by Gasteiger charge is 2.12. The summed E-state index contributed by atoms with van der Waals surface area (Å²) in [6, 6.07) is 17.7. The third kappa shape index (κ3) is 2.66. The number of fused-ring (bicyclic) bond motifs is 1. The molecule has 6 heteroatoms. The number of para-hydroxylation sites is 1. The zero-order valence-electron chi connectivity index (χ0n) is 12.4. The molecule has 2 aromatic carbocycles. The molecule has 0 saturated carbocycles. The van der Waals surface area contributed by atoms with Crippen molar-refractivity contribution in [3.63, 3.8) is 0 Å². The second-order valence-electron chi connectivity index (χ2n) is 5.16. The first kappa shape index (κ1) is 14.5. The first-order chi connectivity index (χ1) is 11.7. The highest BCUT2D eigenvalue weighted by Crippen LogP contribution is 2.30. The van der Waals surface area contributed by atoms with E-state index in [-0.39, 0.29) is 5.75 Å². The number of hydrogen-bond donors (Lipinski definition) is 1. The largest absolute Gasteiger partial charge is 0.507 e. The van der Waals surface area contributed by atoms with Crippen molar-refractivity contribution in [2.45, 2.75) is 0 Å². The number of hydrogen-bond acceptors (Lipinski definition) is 4. The lowest BCUT2D eigenvalue weighted by atomic mass is 10.1. The SMILES string of the molecule is Oc1ccccc1-c1cnc2ccc(Oc3cccc(Cl)c3)nn12. The van der Waals surface area contributed by atoms with Gasteiger partial charge in [-0.2, -0.15) is 0 Å². The molecule has 24 heavy (non-hydrogen) atoms. The number of imidazole rings is 1. The van der Waals surface area contributed by atoms with Gasteiger partial charge in [-0.05, 0) is 36.4 Å². The van der Waals surface area contributed by atoms with Gasteiger partial charge in [0.1, 0.15) is 11.5 Å². The van der Waals surface area contributed by atoms with Gasteiger partial charge in [-0.1, -0.05) is 29.8 Å². The number of phenolic OH excluding ortho intramolecular Hbond substituents is 1. The lowest BCUT2D eigenvalue weighted by Gasteiger charge is -2.07. The van der Waals surface area contributed by atoms with Gasteiger partial charge in [-0.25, -0.2) is 9.50 Å². The fourth-order valence-electron chi connectivity index (χ4n) is 2.44. The van der Waals surface area contributed by atoms with E-state index in [2.05, 4.69) is 10.1 Å². The van der Waals surface area contributed by atoms with Gasteiger partial charge in [-0.3, -0.25) is 0 Å². The monoisotopic (exact) mass is 337 g/mol. The summed E-state index contributed by atoms with van der Waals surface area (Å²) in [5.41, 5.74) is 1.99. The highest BCUT2D eigenvalue weighted by molar-refractivity contribution is 6.30. The first-order valence-corrected chi connectivity index (χ1v) is 7.65. The Balaban J connectivity index is 1.77. The average Bonchev–Trinajstić information content (AvgIpc) is 2.98. The van der Waals surface area contributed by atoms with Crippen LogP contribution in [0.1, 0.15) is 0 Å². The topological polar surface area (TPSA) is 59.7 Å². The van der Waals surface area contributed by atoms with E-state index in [9.17, 15) is 5.11 Å². The molecular weight excluding hydrogens is 326 g/mol. The molecule has 0 unspecified atom stereocenters. The van der Waals surface area contributed by atoms with Crippen LogP contribution < -0.4 is 4.74 Å². The fourth-order valence-corrected chi connectivity index (χ4v) is 2.62. The Hall–Kier alpha value is -3.05. The summed E-state index contributed by atoms with van der Waals surface area (Å²) >= 11 is 5.97. The van der Waals surface area contributed by atoms with Crippen molar-refractivity contribution in [3.05, 3.63) is 71.9 Å². The molecule has 2 aromatic heterocycles. The molecule has 2 heterocycles. The lowest BCUT2D eigenvalue weighted by molar-refractivity contribution is 0.452. The van der Waals surface area contributed by atoms with Crippen LogP contribution >= 0.6 is 11.6 Å². The fraction of sp³-hybridized carbons (Fsp3) is 0. The van der Waals surface area contributed by atoms with Crippen LogP contribution in [0.2, 0.25) is 5.02 Å². The highest BCUT2D eigenvalue weighted by atomic mass is 35.5. The van der Waals surface area contributed by atoms with E-state index in [4.69, 9.17) is 16.3 Å². The van der Waals surface area contributed by atoms with Gasteiger partial charge < -0.3 is 9.84 Å². The average molecular weight is 338 g/mol. The third-order valence-corrected chi connectivity index (χ3v) is 3.77. The molecule has 5 nitrogen and oxygen atoms in total. The van der Waals surface area contributed by atoms with Crippen molar-refractivity contribution in [3.8, 4) is 28.6 Å². The summed E-state index contributed by atoms with van der Waals surface area (Å²) in [7, 11) is 0. The predicted octanol–water partition coefficient (Wildman–Crippen LogP) is 4.55. The maximum atomic E-state index is 10.1. The molecule has 0 aliphatic carbocycles. The normalized spacial score (nSPS) is 10.9. The zero-order chi connectivity index (χ0) is 16.5. The molecular formula is C18H12ClN3O2. The van der Waals surface area contributed by atoms with E-state index in [0.717, 1.165) is 0 Å². The van der Waals surface area contributed by atoms with Gasteiger partial charge in [0.05, 0.1) is 11.9 Å². The molecule has 0 saturated heterocycles. The van der Waals surface area contributed by atoms with Crippen LogP contribution in [-0.4, -0.2) is 19.7 Å². The van der Waals surface area contributed by atoms with Crippen LogP contribution in [0.15, 0.2) is 66.9 Å². The van der Waals surface area contributed by atoms with E-state index in [1.54, 1.807) is 59.2 Å². The van der Waals surface area contributed by atoms with Crippen molar-refractivity contribution in [1.82, 2.24) is 14.6 Å². The number of benzene rings is 2. The van der Waals surface area contributed by atoms with E-state index >= 15 is 0 Å². The molecule has 0 bridgehead atoms. The molecule has 0 aliphatic rings.